The molecule has 0 spiro atoms. The molecule has 106 valence electrons. The molecule has 5 heteroatoms. The summed E-state index contributed by atoms with van der Waals surface area (Å²) in [5.41, 5.74) is 3.85. The van der Waals surface area contributed by atoms with E-state index >= 15 is 0 Å². The smallest absolute Gasteiger partial charge is 0.251 e. The van der Waals surface area contributed by atoms with E-state index in [4.69, 9.17) is 0 Å². The van der Waals surface area contributed by atoms with Crippen LogP contribution in [-0.2, 0) is 6.42 Å². The molecule has 1 amide bonds. The van der Waals surface area contributed by atoms with Gasteiger partial charge in [-0.05, 0) is 37.6 Å². The number of rotatable bonds is 6. The zero-order chi connectivity index (χ0) is 14.4. The third kappa shape index (κ3) is 3.60. The van der Waals surface area contributed by atoms with Crippen LogP contribution in [-0.4, -0.2) is 29.0 Å². The van der Waals surface area contributed by atoms with Crippen LogP contribution in [0, 0.1) is 6.92 Å². The Morgan fingerprint density at radius 3 is 2.90 bits per heavy atom. The molecule has 0 unspecified atom stereocenters. The van der Waals surface area contributed by atoms with Crippen molar-refractivity contribution in [2.75, 3.05) is 18.4 Å². The number of amides is 1. The number of aryl methyl sites for hydroxylation is 1. The molecule has 2 aromatic rings. The molecule has 3 N–H and O–H groups in total. The van der Waals surface area contributed by atoms with Gasteiger partial charge >= 0.3 is 0 Å². The van der Waals surface area contributed by atoms with Gasteiger partial charge in [0.05, 0.1) is 6.33 Å². The van der Waals surface area contributed by atoms with Crippen LogP contribution < -0.4 is 10.6 Å². The van der Waals surface area contributed by atoms with Crippen LogP contribution in [0.1, 0.15) is 28.5 Å². The molecule has 1 aromatic heterocycles. The average Bonchev–Trinajstić information content (AvgIpc) is 2.94. The average molecular weight is 272 g/mol. The van der Waals surface area contributed by atoms with Crippen molar-refractivity contribution < 1.29 is 4.79 Å². The van der Waals surface area contributed by atoms with E-state index in [0.717, 1.165) is 29.9 Å². The van der Waals surface area contributed by atoms with Crippen LogP contribution in [0.15, 0.2) is 30.7 Å². The standard InChI is InChI=1S/C15H20N4O/c1-3-17-14-5-4-12(8-11(14)2)15(20)18-7-6-13-9-16-10-19-13/h4-5,8-10,17H,3,6-7H2,1-2H3,(H,16,19)(H,18,20). The summed E-state index contributed by atoms with van der Waals surface area (Å²) >= 11 is 0. The number of H-pyrrole nitrogens is 1. The van der Waals surface area contributed by atoms with Crippen molar-refractivity contribution in [1.82, 2.24) is 15.3 Å². The number of nitrogens with zero attached hydrogens (tertiary/aromatic N) is 1. The normalized spacial score (nSPS) is 10.3. The first kappa shape index (κ1) is 14.1. The molecule has 5 nitrogen and oxygen atoms in total. The van der Waals surface area contributed by atoms with Gasteiger partial charge in [0.2, 0.25) is 0 Å². The van der Waals surface area contributed by atoms with E-state index in [2.05, 4.69) is 27.5 Å². The topological polar surface area (TPSA) is 69.8 Å². The van der Waals surface area contributed by atoms with Crippen molar-refractivity contribution >= 4 is 11.6 Å². The highest BCUT2D eigenvalue weighted by atomic mass is 16.1. The van der Waals surface area contributed by atoms with Crippen molar-refractivity contribution in [3.63, 3.8) is 0 Å². The summed E-state index contributed by atoms with van der Waals surface area (Å²) < 4.78 is 0. The van der Waals surface area contributed by atoms with E-state index in [1.54, 1.807) is 12.5 Å². The van der Waals surface area contributed by atoms with Crippen LogP contribution in [0.2, 0.25) is 0 Å². The molecular formula is C15H20N4O. The summed E-state index contributed by atoms with van der Waals surface area (Å²) in [5, 5.41) is 6.17. The summed E-state index contributed by atoms with van der Waals surface area (Å²) in [4.78, 5) is 19.0. The Morgan fingerprint density at radius 1 is 1.40 bits per heavy atom. The first-order valence-corrected chi connectivity index (χ1v) is 6.80. The van der Waals surface area contributed by atoms with Gasteiger partial charge in [0.25, 0.3) is 5.91 Å². The Hall–Kier alpha value is -2.30. The fourth-order valence-corrected chi connectivity index (χ4v) is 2.03. The summed E-state index contributed by atoms with van der Waals surface area (Å²) in [6, 6.07) is 5.70. The zero-order valence-electron chi connectivity index (χ0n) is 11.9. The predicted molar refractivity (Wildman–Crippen MR) is 80.0 cm³/mol. The van der Waals surface area contributed by atoms with Gasteiger partial charge in [0.1, 0.15) is 0 Å². The predicted octanol–water partition coefficient (Wildman–Crippen LogP) is 2.12. The van der Waals surface area contributed by atoms with Crippen LogP contribution in [0.5, 0.6) is 0 Å². The quantitative estimate of drug-likeness (QED) is 0.754. The van der Waals surface area contributed by atoms with Crippen LogP contribution in [0.25, 0.3) is 0 Å². The molecule has 2 rings (SSSR count). The van der Waals surface area contributed by atoms with Crippen LogP contribution in [0.3, 0.4) is 0 Å². The van der Waals surface area contributed by atoms with E-state index in [-0.39, 0.29) is 5.91 Å². The Balaban J connectivity index is 1.90. The highest BCUT2D eigenvalue weighted by Crippen LogP contribution is 2.16. The van der Waals surface area contributed by atoms with Gasteiger partial charge in [-0.2, -0.15) is 0 Å². The monoisotopic (exact) mass is 272 g/mol. The number of benzene rings is 1. The second kappa shape index (κ2) is 6.75. The lowest BCUT2D eigenvalue weighted by Gasteiger charge is -2.10. The lowest BCUT2D eigenvalue weighted by molar-refractivity contribution is 0.0954. The maximum absolute atomic E-state index is 12.0. The summed E-state index contributed by atoms with van der Waals surface area (Å²) in [7, 11) is 0. The molecule has 1 aromatic carbocycles. The fourth-order valence-electron chi connectivity index (χ4n) is 2.03. The van der Waals surface area contributed by atoms with Crippen molar-refractivity contribution in [2.24, 2.45) is 0 Å². The van der Waals surface area contributed by atoms with Gasteiger partial charge in [-0.1, -0.05) is 0 Å². The Labute approximate surface area is 118 Å². The van der Waals surface area contributed by atoms with Gasteiger partial charge in [-0.25, -0.2) is 4.98 Å². The van der Waals surface area contributed by atoms with Crippen molar-refractivity contribution in [3.8, 4) is 0 Å². The minimum absolute atomic E-state index is 0.0457. The van der Waals surface area contributed by atoms with E-state index in [0.29, 0.717) is 12.1 Å². The van der Waals surface area contributed by atoms with E-state index in [1.807, 2.05) is 25.1 Å². The van der Waals surface area contributed by atoms with Gasteiger partial charge in [0, 0.05) is 42.7 Å². The molecule has 0 atom stereocenters. The Kier molecular flexibility index (Phi) is 4.76. The lowest BCUT2D eigenvalue weighted by Crippen LogP contribution is -2.25. The molecule has 0 bridgehead atoms. The molecule has 0 aliphatic carbocycles. The molecule has 1 heterocycles. The zero-order valence-corrected chi connectivity index (χ0v) is 11.9. The summed E-state index contributed by atoms with van der Waals surface area (Å²) in [6.07, 6.45) is 4.15. The lowest BCUT2D eigenvalue weighted by atomic mass is 10.1. The number of anilines is 1. The van der Waals surface area contributed by atoms with Crippen molar-refractivity contribution in [3.05, 3.63) is 47.5 Å². The molecule has 0 saturated heterocycles. The van der Waals surface area contributed by atoms with Crippen molar-refractivity contribution in [1.29, 1.82) is 0 Å². The Bertz CT molecular complexity index is 563. The van der Waals surface area contributed by atoms with Crippen LogP contribution in [0.4, 0.5) is 5.69 Å². The number of aromatic amines is 1. The second-order valence-corrected chi connectivity index (χ2v) is 4.64. The number of aromatic nitrogens is 2. The maximum Gasteiger partial charge on any atom is 0.251 e. The largest absolute Gasteiger partial charge is 0.385 e. The summed E-state index contributed by atoms with van der Waals surface area (Å²) in [5.74, 6) is -0.0457. The number of hydrogen-bond acceptors (Lipinski definition) is 3. The van der Waals surface area contributed by atoms with Crippen molar-refractivity contribution in [2.45, 2.75) is 20.3 Å². The first-order chi connectivity index (χ1) is 9.70. The molecule has 0 fully saturated rings. The minimum Gasteiger partial charge on any atom is -0.385 e. The second-order valence-electron chi connectivity index (χ2n) is 4.64. The van der Waals surface area contributed by atoms with Gasteiger partial charge in [-0.3, -0.25) is 4.79 Å². The molecule has 0 aliphatic heterocycles. The highest BCUT2D eigenvalue weighted by Gasteiger charge is 2.07. The summed E-state index contributed by atoms with van der Waals surface area (Å²) in [6.45, 7) is 5.51. The van der Waals surface area contributed by atoms with E-state index in [9.17, 15) is 4.79 Å². The number of carbonyl (C=O) groups excluding carboxylic acids is 1. The molecule has 0 radical (unpaired) electrons. The molecular weight excluding hydrogens is 252 g/mol. The van der Waals surface area contributed by atoms with Crippen LogP contribution >= 0.6 is 0 Å². The third-order valence-corrected chi connectivity index (χ3v) is 3.09. The first-order valence-electron chi connectivity index (χ1n) is 6.80. The number of nitrogens with one attached hydrogen (secondary N) is 3. The highest BCUT2D eigenvalue weighted by molar-refractivity contribution is 5.94. The molecule has 0 aliphatic rings. The number of imidazole rings is 1. The van der Waals surface area contributed by atoms with Gasteiger partial charge < -0.3 is 15.6 Å². The minimum atomic E-state index is -0.0457. The molecule has 20 heavy (non-hydrogen) atoms. The number of hydrogen-bond donors (Lipinski definition) is 3. The Morgan fingerprint density at radius 2 is 2.25 bits per heavy atom. The third-order valence-electron chi connectivity index (χ3n) is 3.09. The maximum atomic E-state index is 12.0. The number of carbonyl (C=O) groups is 1. The SMILES string of the molecule is CCNc1ccc(C(=O)NCCc2cnc[nH]2)cc1C. The molecule has 0 saturated carbocycles. The van der Waals surface area contributed by atoms with E-state index < -0.39 is 0 Å². The van der Waals surface area contributed by atoms with Gasteiger partial charge in [0.15, 0.2) is 0 Å². The van der Waals surface area contributed by atoms with E-state index in [1.165, 1.54) is 0 Å². The fraction of sp³-hybridized carbons (Fsp3) is 0.333. The van der Waals surface area contributed by atoms with Gasteiger partial charge in [-0.15, -0.1) is 0 Å².